The molecule has 3 fully saturated rings. The van der Waals surface area contributed by atoms with Crippen molar-refractivity contribution in [3.63, 3.8) is 0 Å². The Morgan fingerprint density at radius 3 is 1.57 bits per heavy atom. The van der Waals surface area contributed by atoms with Crippen LogP contribution in [0.25, 0.3) is 0 Å². The highest BCUT2D eigenvalue weighted by molar-refractivity contribution is 5.74. The lowest BCUT2D eigenvalue weighted by Gasteiger charge is -2.50. The maximum absolute atomic E-state index is 12.5. The SMILES string of the molecule is CC(=O)N[C@H]1[C@H](O[C@H]2[C@@H](O)[C@@H](CO)O[C@@H](O[C@H]3[C@H](O)[C@@H](CO)O[C@@H](O[C@H]([C@@H](O)[C@H](O)CO)[C@H](CO)NC(C)=O)[C@@H]3NC(C)=O)[C@@H]2O)O[C@H](CO)[C@@H](O)[C@@H]1O. The van der Waals surface area contributed by atoms with Crippen molar-refractivity contribution in [2.45, 2.75) is 137 Å². The van der Waals surface area contributed by atoms with Gasteiger partial charge >= 0.3 is 0 Å². The van der Waals surface area contributed by atoms with E-state index in [1.807, 2.05) is 0 Å². The largest absolute Gasteiger partial charge is 0.394 e. The molecule has 24 nitrogen and oxygen atoms in total. The molecule has 0 spiro atoms. The van der Waals surface area contributed by atoms with Gasteiger partial charge < -0.3 is 106 Å². The molecule has 0 unspecified atom stereocenters. The molecule has 0 saturated carbocycles. The monoisotopic (exact) mass is 791 g/mol. The van der Waals surface area contributed by atoms with Crippen molar-refractivity contribution in [2.75, 3.05) is 33.0 Å². The number of aliphatic hydroxyl groups is 12. The molecular formula is C30H53N3O21. The molecule has 3 aliphatic heterocycles. The molecule has 15 N–H and O–H groups in total. The predicted octanol–water partition coefficient (Wildman–Crippen LogP) is -9.68. The minimum atomic E-state index is -2.10. The third kappa shape index (κ3) is 11.0. The summed E-state index contributed by atoms with van der Waals surface area (Å²) in [6.07, 6.45) is -29.2. The van der Waals surface area contributed by atoms with Gasteiger partial charge in [-0.2, -0.15) is 0 Å². The van der Waals surface area contributed by atoms with Gasteiger partial charge in [0, 0.05) is 20.8 Å². The van der Waals surface area contributed by atoms with Gasteiger partial charge in [0.15, 0.2) is 18.9 Å². The van der Waals surface area contributed by atoms with E-state index < -0.39 is 167 Å². The molecule has 0 aromatic rings. The Labute approximate surface area is 308 Å². The summed E-state index contributed by atoms with van der Waals surface area (Å²) in [6.45, 7) is -1.48. The first-order valence-electron chi connectivity index (χ1n) is 17.0. The number of carbonyl (C=O) groups excluding carboxylic acids is 3. The average molecular weight is 792 g/mol. The number of amides is 3. The molecule has 0 bridgehead atoms. The number of hydrogen-bond donors (Lipinski definition) is 15. The highest BCUT2D eigenvalue weighted by Gasteiger charge is 2.55. The highest BCUT2D eigenvalue weighted by atomic mass is 16.7. The second kappa shape index (κ2) is 20.7. The predicted molar refractivity (Wildman–Crippen MR) is 171 cm³/mol. The number of carbonyl (C=O) groups is 3. The molecule has 0 aromatic heterocycles. The van der Waals surface area contributed by atoms with E-state index in [0.717, 1.165) is 20.8 Å². The van der Waals surface area contributed by atoms with E-state index in [4.69, 9.17) is 28.4 Å². The van der Waals surface area contributed by atoms with Gasteiger partial charge in [0.2, 0.25) is 17.7 Å². The van der Waals surface area contributed by atoms with Crippen LogP contribution in [0.15, 0.2) is 0 Å². The summed E-state index contributed by atoms with van der Waals surface area (Å²) in [7, 11) is 0. The number of rotatable bonds is 17. The second-order valence-corrected chi connectivity index (χ2v) is 13.1. The lowest BCUT2D eigenvalue weighted by atomic mass is 9.94. The Morgan fingerprint density at radius 2 is 1.07 bits per heavy atom. The van der Waals surface area contributed by atoms with Crippen molar-refractivity contribution in [3.8, 4) is 0 Å². The maximum atomic E-state index is 12.5. The molecule has 0 aromatic carbocycles. The first kappa shape index (κ1) is 46.1. The van der Waals surface area contributed by atoms with Crippen LogP contribution in [0.5, 0.6) is 0 Å². The fraction of sp³-hybridized carbons (Fsp3) is 0.900. The molecular weight excluding hydrogens is 738 g/mol. The van der Waals surface area contributed by atoms with Gasteiger partial charge in [0.25, 0.3) is 0 Å². The Kier molecular flexibility index (Phi) is 17.7. The maximum Gasteiger partial charge on any atom is 0.217 e. The fourth-order valence-corrected chi connectivity index (χ4v) is 6.34. The topological polar surface area (TPSA) is 385 Å². The van der Waals surface area contributed by atoms with Gasteiger partial charge in [-0.25, -0.2) is 0 Å². The molecule has 19 atom stereocenters. The molecule has 0 radical (unpaired) electrons. The number of ether oxygens (including phenoxy) is 6. The van der Waals surface area contributed by atoms with E-state index in [0.29, 0.717) is 0 Å². The van der Waals surface area contributed by atoms with Gasteiger partial charge in [-0.05, 0) is 0 Å². The number of aliphatic hydroxyl groups excluding tert-OH is 12. The summed E-state index contributed by atoms with van der Waals surface area (Å²) < 4.78 is 34.4. The summed E-state index contributed by atoms with van der Waals surface area (Å²) >= 11 is 0. The van der Waals surface area contributed by atoms with Crippen LogP contribution in [-0.2, 0) is 42.8 Å². The lowest BCUT2D eigenvalue weighted by Crippen LogP contribution is -2.70. The molecule has 314 valence electrons. The van der Waals surface area contributed by atoms with Gasteiger partial charge in [0.05, 0.1) is 39.1 Å². The lowest BCUT2D eigenvalue weighted by molar-refractivity contribution is -0.369. The zero-order chi connectivity index (χ0) is 40.6. The van der Waals surface area contributed by atoms with Crippen molar-refractivity contribution < 1.29 is 104 Å². The van der Waals surface area contributed by atoms with E-state index in [1.54, 1.807) is 0 Å². The van der Waals surface area contributed by atoms with E-state index >= 15 is 0 Å². The van der Waals surface area contributed by atoms with Crippen molar-refractivity contribution >= 4 is 17.7 Å². The number of nitrogens with one attached hydrogen (secondary N) is 3. The number of hydrogen-bond acceptors (Lipinski definition) is 21. The summed E-state index contributed by atoms with van der Waals surface area (Å²) in [5.74, 6) is -2.24. The molecule has 3 saturated heterocycles. The molecule has 0 aliphatic carbocycles. The first-order valence-corrected chi connectivity index (χ1v) is 17.0. The molecule has 3 heterocycles. The summed E-state index contributed by atoms with van der Waals surface area (Å²) in [6, 6.07) is -4.70. The highest BCUT2D eigenvalue weighted by Crippen LogP contribution is 2.33. The Morgan fingerprint density at radius 1 is 0.593 bits per heavy atom. The molecule has 24 heteroatoms. The normalized spacial score (nSPS) is 39.5. The molecule has 3 amide bonds. The standard InChI is InChI=1S/C30H53N3O21/c1-9(39)31-12(4-34)25(19(43)13(42)5-35)52-29-18(33-11(3)41)26(21(45)15(7-37)50-29)53-30-24(48)27(22(46)16(8-38)51-30)54-28-17(32-10(2)40)23(47)20(44)14(6-36)49-28/h12-30,34-38,42-48H,4-8H2,1-3H3,(H,31,39)(H,32,40)(H,33,41)/t12-,13+,14+,15+,16+,17+,18+,19-,20+,21+,22-,23+,24+,25-,26+,27-,28-,29-,30-/m0/s1. The van der Waals surface area contributed by atoms with Crippen LogP contribution < -0.4 is 16.0 Å². The minimum absolute atomic E-state index is 0.718. The van der Waals surface area contributed by atoms with E-state index in [2.05, 4.69) is 16.0 Å². The smallest absolute Gasteiger partial charge is 0.217 e. The Balaban J connectivity index is 2.01. The van der Waals surface area contributed by atoms with Crippen molar-refractivity contribution in [1.82, 2.24) is 16.0 Å². The van der Waals surface area contributed by atoms with E-state index in [1.165, 1.54) is 0 Å². The minimum Gasteiger partial charge on any atom is -0.394 e. The van der Waals surface area contributed by atoms with Crippen molar-refractivity contribution in [1.29, 1.82) is 0 Å². The Bertz CT molecular complexity index is 1210. The van der Waals surface area contributed by atoms with Gasteiger partial charge in [-0.3, -0.25) is 14.4 Å². The summed E-state index contributed by atoms with van der Waals surface area (Å²) in [5.41, 5.74) is 0. The quantitative estimate of drug-likeness (QED) is 0.0650. The van der Waals surface area contributed by atoms with Crippen molar-refractivity contribution in [3.05, 3.63) is 0 Å². The second-order valence-electron chi connectivity index (χ2n) is 13.1. The van der Waals surface area contributed by atoms with Crippen molar-refractivity contribution in [2.24, 2.45) is 0 Å². The van der Waals surface area contributed by atoms with Gasteiger partial charge in [-0.1, -0.05) is 0 Å². The third-order valence-electron chi connectivity index (χ3n) is 9.07. The third-order valence-corrected chi connectivity index (χ3v) is 9.07. The van der Waals surface area contributed by atoms with E-state index in [9.17, 15) is 75.7 Å². The average Bonchev–Trinajstić information content (AvgIpc) is 3.12. The van der Waals surface area contributed by atoms with E-state index in [-0.39, 0.29) is 0 Å². The van der Waals surface area contributed by atoms with Crippen LogP contribution in [0.1, 0.15) is 20.8 Å². The first-order chi connectivity index (χ1) is 25.4. The zero-order valence-corrected chi connectivity index (χ0v) is 29.5. The van der Waals surface area contributed by atoms with Gasteiger partial charge in [0.1, 0.15) is 91.4 Å². The summed E-state index contributed by atoms with van der Waals surface area (Å²) in [5, 5.41) is 132. The Hall–Kier alpha value is -2.31. The molecule has 3 aliphatic rings. The van der Waals surface area contributed by atoms with Crippen LogP contribution in [0.3, 0.4) is 0 Å². The van der Waals surface area contributed by atoms with Gasteiger partial charge in [-0.15, -0.1) is 0 Å². The fourth-order valence-electron chi connectivity index (χ4n) is 6.34. The van der Waals surface area contributed by atoms with Crippen LogP contribution >= 0.6 is 0 Å². The van der Waals surface area contributed by atoms with Crippen LogP contribution in [0.2, 0.25) is 0 Å². The van der Waals surface area contributed by atoms with Crippen LogP contribution in [-0.4, -0.2) is 228 Å². The zero-order valence-electron chi connectivity index (χ0n) is 29.5. The molecule has 3 rings (SSSR count). The van der Waals surface area contributed by atoms with Crippen LogP contribution in [0, 0.1) is 0 Å². The van der Waals surface area contributed by atoms with Crippen LogP contribution in [0.4, 0.5) is 0 Å². The summed E-state index contributed by atoms with van der Waals surface area (Å²) in [4.78, 5) is 36.3. The molecule has 54 heavy (non-hydrogen) atoms.